The third-order valence-corrected chi connectivity index (χ3v) is 2.31. The number of hydrogen-bond donors (Lipinski definition) is 1. The Labute approximate surface area is 84.9 Å². The molecule has 0 aliphatic carbocycles. The molecule has 72 valence electrons. The van der Waals surface area contributed by atoms with Crippen molar-refractivity contribution < 1.29 is 0 Å². The van der Waals surface area contributed by atoms with Gasteiger partial charge in [0.1, 0.15) is 0 Å². The van der Waals surface area contributed by atoms with Crippen molar-refractivity contribution in [1.82, 2.24) is 0 Å². The maximum atomic E-state index is 6.07. The molecule has 0 aromatic heterocycles. The van der Waals surface area contributed by atoms with Gasteiger partial charge in [0.25, 0.3) is 0 Å². The van der Waals surface area contributed by atoms with E-state index in [0.29, 0.717) is 5.88 Å². The van der Waals surface area contributed by atoms with Gasteiger partial charge in [-0.3, -0.25) is 0 Å². The Balaban J connectivity index is 2.58. The van der Waals surface area contributed by atoms with Crippen molar-refractivity contribution in [1.29, 1.82) is 0 Å². The first-order valence-corrected chi connectivity index (χ1v) is 5.06. The summed E-state index contributed by atoms with van der Waals surface area (Å²) < 4.78 is 0. The van der Waals surface area contributed by atoms with Crippen molar-refractivity contribution in [2.45, 2.75) is 25.3 Å². The van der Waals surface area contributed by atoms with E-state index in [1.165, 1.54) is 5.56 Å². The van der Waals surface area contributed by atoms with Crippen LogP contribution in [0, 0.1) is 0 Å². The molecule has 0 heterocycles. The van der Waals surface area contributed by atoms with Crippen LogP contribution in [0.15, 0.2) is 30.3 Å². The van der Waals surface area contributed by atoms with Gasteiger partial charge in [-0.05, 0) is 25.3 Å². The lowest BCUT2D eigenvalue weighted by Crippen LogP contribution is -2.38. The van der Waals surface area contributed by atoms with Crippen LogP contribution < -0.4 is 5.73 Å². The molecule has 0 saturated heterocycles. The van der Waals surface area contributed by atoms with E-state index in [1.807, 2.05) is 25.1 Å². The van der Waals surface area contributed by atoms with Crippen molar-refractivity contribution in [3.05, 3.63) is 35.9 Å². The van der Waals surface area contributed by atoms with Gasteiger partial charge in [-0.15, -0.1) is 11.6 Å². The fourth-order valence-corrected chi connectivity index (χ4v) is 1.80. The first-order valence-electron chi connectivity index (χ1n) is 4.53. The van der Waals surface area contributed by atoms with Gasteiger partial charge in [0, 0.05) is 11.4 Å². The van der Waals surface area contributed by atoms with E-state index in [2.05, 4.69) is 12.1 Å². The highest BCUT2D eigenvalue weighted by Crippen LogP contribution is 2.14. The van der Waals surface area contributed by atoms with Crippen molar-refractivity contribution in [2.24, 2.45) is 5.73 Å². The molecule has 2 N–H and O–H groups in total. The highest BCUT2D eigenvalue weighted by molar-refractivity contribution is 6.17. The van der Waals surface area contributed by atoms with E-state index in [0.717, 1.165) is 12.8 Å². The maximum absolute atomic E-state index is 6.07. The van der Waals surface area contributed by atoms with Gasteiger partial charge < -0.3 is 5.73 Å². The van der Waals surface area contributed by atoms with Crippen LogP contribution in [0.5, 0.6) is 0 Å². The second-order valence-corrected chi connectivity index (χ2v) is 4.13. The predicted molar refractivity (Wildman–Crippen MR) is 58.1 cm³/mol. The minimum Gasteiger partial charge on any atom is -0.325 e. The van der Waals surface area contributed by atoms with E-state index >= 15 is 0 Å². The van der Waals surface area contributed by atoms with Gasteiger partial charge >= 0.3 is 0 Å². The molecule has 0 bridgehead atoms. The summed E-state index contributed by atoms with van der Waals surface area (Å²) in [7, 11) is 0. The molecule has 0 amide bonds. The summed E-state index contributed by atoms with van der Waals surface area (Å²) in [6.45, 7) is 2.04. The minimum absolute atomic E-state index is 0.177. The molecule has 1 aromatic rings. The van der Waals surface area contributed by atoms with Crippen molar-refractivity contribution in [3.8, 4) is 0 Å². The standard InChI is InChI=1S/C11H16ClN/c1-11(13,7-8-12)9-10-5-3-2-4-6-10/h2-6H,7-9,13H2,1H3. The Hall–Kier alpha value is -0.530. The van der Waals surface area contributed by atoms with E-state index in [-0.39, 0.29) is 5.54 Å². The van der Waals surface area contributed by atoms with Gasteiger partial charge in [0.2, 0.25) is 0 Å². The normalized spacial score (nSPS) is 15.3. The average molecular weight is 198 g/mol. The van der Waals surface area contributed by atoms with Crippen molar-refractivity contribution in [2.75, 3.05) is 5.88 Å². The SMILES string of the molecule is CC(N)(CCCl)Cc1ccccc1. The van der Waals surface area contributed by atoms with E-state index in [9.17, 15) is 0 Å². The van der Waals surface area contributed by atoms with Crippen LogP contribution in [0.2, 0.25) is 0 Å². The smallest absolute Gasteiger partial charge is 0.0240 e. The highest BCUT2D eigenvalue weighted by Gasteiger charge is 2.17. The summed E-state index contributed by atoms with van der Waals surface area (Å²) in [6.07, 6.45) is 1.74. The Kier molecular flexibility index (Phi) is 3.76. The monoisotopic (exact) mass is 197 g/mol. The summed E-state index contributed by atoms with van der Waals surface area (Å²) in [6, 6.07) is 10.3. The molecular weight excluding hydrogens is 182 g/mol. The molecule has 1 nitrogen and oxygen atoms in total. The van der Waals surface area contributed by atoms with E-state index < -0.39 is 0 Å². The third kappa shape index (κ3) is 3.79. The topological polar surface area (TPSA) is 26.0 Å². The second kappa shape index (κ2) is 4.64. The molecule has 1 atom stereocenters. The predicted octanol–water partition coefficient (Wildman–Crippen LogP) is 2.58. The lowest BCUT2D eigenvalue weighted by atomic mass is 9.91. The average Bonchev–Trinajstić information content (AvgIpc) is 2.04. The number of nitrogens with two attached hydrogens (primary N) is 1. The Morgan fingerprint density at radius 1 is 1.31 bits per heavy atom. The Bertz CT molecular complexity index is 244. The van der Waals surface area contributed by atoms with Crippen LogP contribution >= 0.6 is 11.6 Å². The zero-order valence-electron chi connectivity index (χ0n) is 7.96. The summed E-state index contributed by atoms with van der Waals surface area (Å²) in [4.78, 5) is 0. The fourth-order valence-electron chi connectivity index (χ4n) is 1.37. The number of rotatable bonds is 4. The Morgan fingerprint density at radius 3 is 2.46 bits per heavy atom. The van der Waals surface area contributed by atoms with Crippen LogP contribution in [0.3, 0.4) is 0 Å². The zero-order valence-corrected chi connectivity index (χ0v) is 8.72. The molecule has 0 aliphatic heterocycles. The minimum atomic E-state index is -0.177. The summed E-state index contributed by atoms with van der Waals surface area (Å²) in [5.41, 5.74) is 7.17. The van der Waals surface area contributed by atoms with Crippen molar-refractivity contribution >= 4 is 11.6 Å². The lowest BCUT2D eigenvalue weighted by molar-refractivity contribution is 0.452. The third-order valence-electron chi connectivity index (χ3n) is 2.12. The quantitative estimate of drug-likeness (QED) is 0.738. The number of benzene rings is 1. The zero-order chi connectivity index (χ0) is 9.73. The van der Waals surface area contributed by atoms with Gasteiger partial charge in [0.05, 0.1) is 0 Å². The number of alkyl halides is 1. The summed E-state index contributed by atoms with van der Waals surface area (Å²) in [5, 5.41) is 0. The van der Waals surface area contributed by atoms with E-state index in [4.69, 9.17) is 17.3 Å². The molecule has 0 saturated carbocycles. The lowest BCUT2D eigenvalue weighted by Gasteiger charge is -2.23. The molecule has 2 heteroatoms. The van der Waals surface area contributed by atoms with Gasteiger partial charge in [-0.1, -0.05) is 30.3 Å². The first kappa shape index (κ1) is 10.6. The molecule has 1 unspecified atom stereocenters. The molecule has 0 radical (unpaired) electrons. The van der Waals surface area contributed by atoms with Gasteiger partial charge in [0.15, 0.2) is 0 Å². The summed E-state index contributed by atoms with van der Waals surface area (Å²) >= 11 is 5.67. The Morgan fingerprint density at radius 2 is 1.92 bits per heavy atom. The van der Waals surface area contributed by atoms with Crippen LogP contribution in [0.1, 0.15) is 18.9 Å². The molecule has 0 spiro atoms. The van der Waals surface area contributed by atoms with Gasteiger partial charge in [-0.25, -0.2) is 0 Å². The van der Waals surface area contributed by atoms with Crippen LogP contribution in [-0.2, 0) is 6.42 Å². The maximum Gasteiger partial charge on any atom is 0.0240 e. The fraction of sp³-hybridized carbons (Fsp3) is 0.455. The van der Waals surface area contributed by atoms with Crippen molar-refractivity contribution in [3.63, 3.8) is 0 Å². The number of hydrogen-bond acceptors (Lipinski definition) is 1. The molecule has 0 aliphatic rings. The molecule has 1 rings (SSSR count). The van der Waals surface area contributed by atoms with Crippen LogP contribution in [0.4, 0.5) is 0 Å². The van der Waals surface area contributed by atoms with Gasteiger partial charge in [-0.2, -0.15) is 0 Å². The molecule has 0 fully saturated rings. The second-order valence-electron chi connectivity index (χ2n) is 3.76. The van der Waals surface area contributed by atoms with E-state index in [1.54, 1.807) is 0 Å². The van der Waals surface area contributed by atoms with Crippen LogP contribution in [-0.4, -0.2) is 11.4 Å². The highest BCUT2D eigenvalue weighted by atomic mass is 35.5. The van der Waals surface area contributed by atoms with Crippen LogP contribution in [0.25, 0.3) is 0 Å². The first-order chi connectivity index (χ1) is 6.14. The largest absolute Gasteiger partial charge is 0.325 e. The molecular formula is C11H16ClN. The molecule has 1 aromatic carbocycles. The number of halogens is 1. The molecule has 13 heavy (non-hydrogen) atoms. The summed E-state index contributed by atoms with van der Waals surface area (Å²) in [5.74, 6) is 0.625.